The Kier molecular flexibility index (Phi) is 4.86. The maximum Gasteiger partial charge on any atom is 0.471 e. The first kappa shape index (κ1) is 17.4. The molecule has 0 atom stereocenters. The number of carbonyl (C=O) groups is 2. The number of H-pyrrole nitrogens is 1. The third kappa shape index (κ3) is 4.54. The largest absolute Gasteiger partial charge is 0.471 e. The lowest BCUT2D eigenvalue weighted by Gasteiger charge is -2.10. The summed E-state index contributed by atoms with van der Waals surface area (Å²) in [5.74, 6) is -2.99. The zero-order valence-electron chi connectivity index (χ0n) is 12.3. The molecule has 0 aliphatic heterocycles. The van der Waals surface area contributed by atoms with Crippen molar-refractivity contribution in [2.45, 2.75) is 19.6 Å². The van der Waals surface area contributed by atoms with Gasteiger partial charge in [-0.05, 0) is 30.7 Å². The van der Waals surface area contributed by atoms with Gasteiger partial charge in [0.1, 0.15) is 17.3 Å². The fraction of sp³-hybridized carbons (Fsp3) is 0.214. The van der Waals surface area contributed by atoms with Crippen LogP contribution < -0.4 is 10.6 Å². The maximum atomic E-state index is 13.5. The van der Waals surface area contributed by atoms with Crippen molar-refractivity contribution in [3.05, 3.63) is 47.3 Å². The van der Waals surface area contributed by atoms with Gasteiger partial charge in [0.15, 0.2) is 0 Å². The van der Waals surface area contributed by atoms with Crippen molar-refractivity contribution in [3.63, 3.8) is 0 Å². The predicted octanol–water partition coefficient (Wildman–Crippen LogP) is 2.29. The van der Waals surface area contributed by atoms with E-state index in [1.165, 1.54) is 12.3 Å². The Bertz CT molecular complexity index is 770. The summed E-state index contributed by atoms with van der Waals surface area (Å²) in [7, 11) is 0. The van der Waals surface area contributed by atoms with Crippen molar-refractivity contribution in [2.75, 3.05) is 5.32 Å². The van der Waals surface area contributed by atoms with Crippen molar-refractivity contribution in [3.8, 4) is 0 Å². The Hall–Kier alpha value is -2.91. The molecule has 2 rings (SSSR count). The lowest BCUT2D eigenvalue weighted by molar-refractivity contribution is -0.173. The standard InChI is InChI=1S/C14H12F4N4O2/c1-7-19-6-11(21-7)12(23)22-10-3-8(2-9(15)4-10)5-20-13(24)14(16,17)18/h2-4,6H,5H2,1H3,(H,19,21)(H,20,24)(H,22,23). The zero-order chi connectivity index (χ0) is 17.9. The van der Waals surface area contributed by atoms with E-state index < -0.39 is 30.4 Å². The van der Waals surface area contributed by atoms with Gasteiger partial charge in [-0.3, -0.25) is 9.59 Å². The number of anilines is 1. The molecule has 0 aliphatic rings. The van der Waals surface area contributed by atoms with Crippen molar-refractivity contribution < 1.29 is 27.2 Å². The molecule has 0 saturated heterocycles. The Labute approximate surface area is 133 Å². The number of aromatic amines is 1. The molecule has 2 aromatic rings. The molecule has 1 heterocycles. The normalized spacial score (nSPS) is 11.2. The van der Waals surface area contributed by atoms with E-state index >= 15 is 0 Å². The van der Waals surface area contributed by atoms with Crippen LogP contribution in [-0.2, 0) is 11.3 Å². The van der Waals surface area contributed by atoms with Gasteiger partial charge in [-0.1, -0.05) is 0 Å². The Morgan fingerprint density at radius 1 is 1.25 bits per heavy atom. The van der Waals surface area contributed by atoms with Crippen LogP contribution in [0.4, 0.5) is 23.2 Å². The van der Waals surface area contributed by atoms with Gasteiger partial charge < -0.3 is 15.6 Å². The van der Waals surface area contributed by atoms with Gasteiger partial charge >= 0.3 is 12.1 Å². The van der Waals surface area contributed by atoms with Gasteiger partial charge in [0.2, 0.25) is 0 Å². The highest BCUT2D eigenvalue weighted by molar-refractivity contribution is 6.02. The number of aryl methyl sites for hydroxylation is 1. The van der Waals surface area contributed by atoms with E-state index in [1.54, 1.807) is 12.2 Å². The van der Waals surface area contributed by atoms with Crippen LogP contribution in [0.2, 0.25) is 0 Å². The summed E-state index contributed by atoms with van der Waals surface area (Å²) in [6, 6.07) is 3.20. The number of nitrogens with zero attached hydrogens (tertiary/aromatic N) is 1. The molecule has 6 nitrogen and oxygen atoms in total. The topological polar surface area (TPSA) is 86.9 Å². The average Bonchev–Trinajstić information content (AvgIpc) is 2.90. The monoisotopic (exact) mass is 344 g/mol. The lowest BCUT2D eigenvalue weighted by atomic mass is 10.2. The second kappa shape index (κ2) is 6.69. The summed E-state index contributed by atoms with van der Waals surface area (Å²) in [5, 5.41) is 4.01. The molecule has 10 heteroatoms. The van der Waals surface area contributed by atoms with Crippen LogP contribution in [0.5, 0.6) is 0 Å². The Balaban J connectivity index is 2.08. The summed E-state index contributed by atoms with van der Waals surface area (Å²) >= 11 is 0. The van der Waals surface area contributed by atoms with E-state index in [0.717, 1.165) is 12.1 Å². The molecule has 0 spiro atoms. The first-order valence-electron chi connectivity index (χ1n) is 6.62. The Morgan fingerprint density at radius 3 is 2.54 bits per heavy atom. The molecule has 3 N–H and O–H groups in total. The summed E-state index contributed by atoms with van der Waals surface area (Å²) in [6.45, 7) is 1.10. The molecule has 0 bridgehead atoms. The van der Waals surface area contributed by atoms with Gasteiger partial charge in [-0.2, -0.15) is 13.2 Å². The predicted molar refractivity (Wildman–Crippen MR) is 75.6 cm³/mol. The molecule has 1 aromatic carbocycles. The highest BCUT2D eigenvalue weighted by atomic mass is 19.4. The number of halogens is 4. The number of aromatic nitrogens is 2. The molecule has 128 valence electrons. The molecule has 0 fully saturated rings. The summed E-state index contributed by atoms with van der Waals surface area (Å²) in [5.41, 5.74) is 0.232. The summed E-state index contributed by atoms with van der Waals surface area (Å²) < 4.78 is 49.9. The molecule has 0 unspecified atom stereocenters. The number of imidazole rings is 1. The van der Waals surface area contributed by atoms with Crippen LogP contribution in [0.3, 0.4) is 0 Å². The third-order valence-electron chi connectivity index (χ3n) is 2.87. The molecular formula is C14H12F4N4O2. The highest BCUT2D eigenvalue weighted by Crippen LogP contribution is 2.17. The van der Waals surface area contributed by atoms with Gasteiger partial charge in [-0.15, -0.1) is 0 Å². The van der Waals surface area contributed by atoms with E-state index in [4.69, 9.17) is 0 Å². The number of hydrogen-bond acceptors (Lipinski definition) is 3. The van der Waals surface area contributed by atoms with E-state index in [1.807, 2.05) is 0 Å². The van der Waals surface area contributed by atoms with Gasteiger partial charge in [-0.25, -0.2) is 9.37 Å². The van der Waals surface area contributed by atoms with E-state index in [0.29, 0.717) is 5.82 Å². The molecule has 0 saturated carbocycles. The van der Waals surface area contributed by atoms with Crippen molar-refractivity contribution in [2.24, 2.45) is 0 Å². The summed E-state index contributed by atoms with van der Waals surface area (Å²) in [6.07, 6.45) is -3.74. The minimum atomic E-state index is -5.02. The second-order valence-electron chi connectivity index (χ2n) is 4.86. The Morgan fingerprint density at radius 2 is 1.96 bits per heavy atom. The van der Waals surface area contributed by atoms with Gasteiger partial charge in [0, 0.05) is 12.2 Å². The number of nitrogens with one attached hydrogen (secondary N) is 3. The number of alkyl halides is 3. The average molecular weight is 344 g/mol. The minimum Gasteiger partial charge on any atom is -0.344 e. The number of rotatable bonds is 4. The van der Waals surface area contributed by atoms with Crippen LogP contribution in [0, 0.1) is 12.7 Å². The molecule has 24 heavy (non-hydrogen) atoms. The molecule has 2 amide bonds. The summed E-state index contributed by atoms with van der Waals surface area (Å²) in [4.78, 5) is 29.2. The molecule has 1 aromatic heterocycles. The molecule has 0 radical (unpaired) electrons. The first-order valence-corrected chi connectivity index (χ1v) is 6.62. The number of benzene rings is 1. The number of carbonyl (C=O) groups excluding carboxylic acids is 2. The van der Waals surface area contributed by atoms with Crippen LogP contribution in [0.1, 0.15) is 21.9 Å². The van der Waals surface area contributed by atoms with Crippen LogP contribution in [0.15, 0.2) is 24.4 Å². The number of hydrogen-bond donors (Lipinski definition) is 3. The number of amides is 2. The van der Waals surface area contributed by atoms with E-state index in [9.17, 15) is 27.2 Å². The third-order valence-corrected chi connectivity index (χ3v) is 2.87. The van der Waals surface area contributed by atoms with Gasteiger partial charge in [0.25, 0.3) is 5.91 Å². The fourth-order valence-electron chi connectivity index (χ4n) is 1.84. The molecule has 0 aliphatic carbocycles. The zero-order valence-corrected chi connectivity index (χ0v) is 12.3. The second-order valence-corrected chi connectivity index (χ2v) is 4.86. The first-order chi connectivity index (χ1) is 11.1. The van der Waals surface area contributed by atoms with Crippen molar-refractivity contribution >= 4 is 17.5 Å². The quantitative estimate of drug-likeness (QED) is 0.744. The van der Waals surface area contributed by atoms with Crippen LogP contribution >= 0.6 is 0 Å². The van der Waals surface area contributed by atoms with E-state index in [-0.39, 0.29) is 16.9 Å². The van der Waals surface area contributed by atoms with Gasteiger partial charge in [0.05, 0.1) is 6.20 Å². The highest BCUT2D eigenvalue weighted by Gasteiger charge is 2.38. The smallest absolute Gasteiger partial charge is 0.344 e. The SMILES string of the molecule is Cc1ncc(C(=O)Nc2cc(F)cc(CNC(=O)C(F)(F)F)c2)[nH]1. The van der Waals surface area contributed by atoms with Crippen LogP contribution in [0.25, 0.3) is 0 Å². The maximum absolute atomic E-state index is 13.5. The minimum absolute atomic E-state index is 0.0310. The van der Waals surface area contributed by atoms with Crippen molar-refractivity contribution in [1.29, 1.82) is 0 Å². The van der Waals surface area contributed by atoms with Crippen molar-refractivity contribution in [1.82, 2.24) is 15.3 Å². The van der Waals surface area contributed by atoms with E-state index in [2.05, 4.69) is 15.3 Å². The lowest BCUT2D eigenvalue weighted by Crippen LogP contribution is -2.36. The fourth-order valence-corrected chi connectivity index (χ4v) is 1.84. The molecular weight excluding hydrogens is 332 g/mol. The van der Waals surface area contributed by atoms with Crippen LogP contribution in [-0.4, -0.2) is 28.0 Å².